The molecule has 0 spiro atoms. The highest BCUT2D eigenvalue weighted by molar-refractivity contribution is 5.82. The summed E-state index contributed by atoms with van der Waals surface area (Å²) in [5.41, 5.74) is 0. The largest absolute Gasteiger partial charge is 0.349 e. The first-order valence-electron chi connectivity index (χ1n) is 4.93. The van der Waals surface area contributed by atoms with Crippen LogP contribution in [0.25, 0.3) is 0 Å². The van der Waals surface area contributed by atoms with Crippen molar-refractivity contribution >= 4 is 5.91 Å². The van der Waals surface area contributed by atoms with Gasteiger partial charge in [-0.1, -0.05) is 0 Å². The van der Waals surface area contributed by atoms with Gasteiger partial charge >= 0.3 is 0 Å². The van der Waals surface area contributed by atoms with Crippen molar-refractivity contribution in [1.29, 1.82) is 0 Å². The Morgan fingerprint density at radius 2 is 1.67 bits per heavy atom. The Hall–Kier alpha value is -0.530. The highest BCUT2D eigenvalue weighted by atomic mass is 16.2. The van der Waals surface area contributed by atoms with E-state index in [1.54, 1.807) is 4.90 Å². The molecule has 12 heavy (non-hydrogen) atoms. The highest BCUT2D eigenvalue weighted by Gasteiger charge is 2.73. The van der Waals surface area contributed by atoms with E-state index in [1.807, 2.05) is 14.1 Å². The summed E-state index contributed by atoms with van der Waals surface area (Å²) in [6, 6.07) is 0. The number of hydrogen-bond donors (Lipinski definition) is 0. The summed E-state index contributed by atoms with van der Waals surface area (Å²) in [5.74, 6) is 4.37. The molecule has 0 aromatic heterocycles. The van der Waals surface area contributed by atoms with Gasteiger partial charge < -0.3 is 4.90 Å². The molecule has 0 aliphatic heterocycles. The minimum atomic E-state index is 0.388. The highest BCUT2D eigenvalue weighted by Crippen LogP contribution is 2.75. The third-order valence-corrected chi connectivity index (χ3v) is 4.37. The number of carbonyl (C=O) groups excluding carboxylic acids is 1. The van der Waals surface area contributed by atoms with Gasteiger partial charge in [0.25, 0.3) is 0 Å². The van der Waals surface area contributed by atoms with E-state index in [0.717, 1.165) is 23.7 Å². The summed E-state index contributed by atoms with van der Waals surface area (Å²) in [6.07, 6.45) is 2.83. The molecule has 0 N–H and O–H groups in total. The van der Waals surface area contributed by atoms with Crippen LogP contribution in [-0.4, -0.2) is 24.9 Å². The van der Waals surface area contributed by atoms with Gasteiger partial charge in [0.05, 0.1) is 0 Å². The van der Waals surface area contributed by atoms with Gasteiger partial charge in [0.2, 0.25) is 5.91 Å². The molecular weight excluding hydrogens is 150 g/mol. The summed E-state index contributed by atoms with van der Waals surface area (Å²) < 4.78 is 0. The molecule has 0 aromatic carbocycles. The number of fused-ring (bicyclic) bond motifs is 1. The maximum atomic E-state index is 11.6. The zero-order valence-corrected chi connectivity index (χ0v) is 7.66. The van der Waals surface area contributed by atoms with Crippen LogP contribution in [0.3, 0.4) is 0 Å². The van der Waals surface area contributed by atoms with Crippen LogP contribution in [-0.2, 0) is 4.79 Å². The molecule has 0 saturated heterocycles. The van der Waals surface area contributed by atoms with Crippen molar-refractivity contribution in [3.63, 3.8) is 0 Å². The van der Waals surface area contributed by atoms with Crippen LogP contribution < -0.4 is 0 Å². The number of hydrogen-bond acceptors (Lipinski definition) is 1. The topological polar surface area (TPSA) is 20.3 Å². The van der Waals surface area contributed by atoms with Gasteiger partial charge in [-0.05, 0) is 36.5 Å². The summed E-state index contributed by atoms with van der Waals surface area (Å²) in [7, 11) is 3.75. The maximum absolute atomic E-state index is 11.6. The van der Waals surface area contributed by atoms with E-state index in [4.69, 9.17) is 0 Å². The number of amides is 1. The Bertz CT molecular complexity index is 224. The van der Waals surface area contributed by atoms with Gasteiger partial charge in [-0.15, -0.1) is 0 Å². The van der Waals surface area contributed by atoms with Crippen LogP contribution in [0.15, 0.2) is 0 Å². The summed E-state index contributed by atoms with van der Waals surface area (Å²) in [6.45, 7) is 0. The van der Waals surface area contributed by atoms with Crippen molar-refractivity contribution in [3.8, 4) is 0 Å². The fraction of sp³-hybridized carbons (Fsp3) is 0.900. The van der Waals surface area contributed by atoms with Crippen molar-refractivity contribution in [2.75, 3.05) is 14.1 Å². The Morgan fingerprint density at radius 3 is 2.08 bits per heavy atom. The molecular formula is C10H15NO. The molecule has 0 radical (unpaired) electrons. The standard InChI is InChI=1S/C10H15NO/c1-11(2)10(12)9-7-5-3-4-6(7)8(5)9/h5-9H,3-4H2,1-2H3. The van der Waals surface area contributed by atoms with Crippen LogP contribution in [0, 0.1) is 29.6 Å². The van der Waals surface area contributed by atoms with Crippen molar-refractivity contribution in [2.45, 2.75) is 12.8 Å². The van der Waals surface area contributed by atoms with Crippen molar-refractivity contribution < 1.29 is 4.79 Å². The second-order valence-corrected chi connectivity index (χ2v) is 4.82. The van der Waals surface area contributed by atoms with E-state index in [-0.39, 0.29) is 0 Å². The Kier molecular flexibility index (Phi) is 1.07. The maximum Gasteiger partial charge on any atom is 0.225 e. The molecule has 2 nitrogen and oxygen atoms in total. The van der Waals surface area contributed by atoms with Crippen LogP contribution in [0.2, 0.25) is 0 Å². The zero-order chi connectivity index (χ0) is 8.46. The summed E-state index contributed by atoms with van der Waals surface area (Å²) >= 11 is 0. The number of carbonyl (C=O) groups is 1. The summed E-state index contributed by atoms with van der Waals surface area (Å²) in [5, 5.41) is 0. The van der Waals surface area contributed by atoms with E-state index < -0.39 is 0 Å². The average Bonchev–Trinajstić information content (AvgIpc) is 2.40. The van der Waals surface area contributed by atoms with Gasteiger partial charge in [0.1, 0.15) is 0 Å². The molecule has 0 aromatic rings. The minimum Gasteiger partial charge on any atom is -0.349 e. The van der Waals surface area contributed by atoms with Crippen LogP contribution >= 0.6 is 0 Å². The van der Waals surface area contributed by atoms with Gasteiger partial charge in [-0.25, -0.2) is 0 Å². The predicted molar refractivity (Wildman–Crippen MR) is 45.4 cm³/mol. The van der Waals surface area contributed by atoms with Crippen LogP contribution in [0.4, 0.5) is 0 Å². The molecule has 0 heterocycles. The normalized spacial score (nSPS) is 52.7. The molecule has 5 rings (SSSR count). The number of rotatable bonds is 1. The van der Waals surface area contributed by atoms with Gasteiger partial charge in [0, 0.05) is 20.0 Å². The molecule has 2 heteroatoms. The zero-order valence-electron chi connectivity index (χ0n) is 7.66. The van der Waals surface area contributed by atoms with E-state index in [1.165, 1.54) is 12.8 Å². The lowest BCUT2D eigenvalue weighted by Gasteiger charge is -2.65. The smallest absolute Gasteiger partial charge is 0.225 e. The first-order chi connectivity index (χ1) is 5.72. The predicted octanol–water partition coefficient (Wildman–Crippen LogP) is 0.977. The average molecular weight is 165 g/mol. The lowest BCUT2D eigenvalue weighted by Crippen LogP contribution is -2.66. The first-order valence-corrected chi connectivity index (χ1v) is 4.93. The molecule has 5 aliphatic rings. The van der Waals surface area contributed by atoms with E-state index in [9.17, 15) is 4.79 Å². The molecule has 0 atom stereocenters. The van der Waals surface area contributed by atoms with Crippen LogP contribution in [0.5, 0.6) is 0 Å². The molecule has 5 fully saturated rings. The van der Waals surface area contributed by atoms with Gasteiger partial charge in [-0.2, -0.15) is 0 Å². The second kappa shape index (κ2) is 1.86. The SMILES string of the molecule is CN(C)C(=O)C1C2C3CCC2C31. The molecule has 4 bridgehead atoms. The quantitative estimate of drug-likeness (QED) is 0.567. The summed E-state index contributed by atoms with van der Waals surface area (Å²) in [4.78, 5) is 13.4. The fourth-order valence-electron chi connectivity index (χ4n) is 3.82. The second-order valence-electron chi connectivity index (χ2n) is 4.82. The Labute approximate surface area is 72.9 Å². The molecule has 5 aliphatic carbocycles. The van der Waals surface area contributed by atoms with E-state index in [2.05, 4.69) is 0 Å². The Balaban J connectivity index is 1.73. The van der Waals surface area contributed by atoms with E-state index in [0.29, 0.717) is 11.8 Å². The van der Waals surface area contributed by atoms with Crippen molar-refractivity contribution in [3.05, 3.63) is 0 Å². The van der Waals surface area contributed by atoms with Gasteiger partial charge in [0.15, 0.2) is 0 Å². The third-order valence-electron chi connectivity index (χ3n) is 4.37. The monoisotopic (exact) mass is 165 g/mol. The Morgan fingerprint density at radius 1 is 1.17 bits per heavy atom. The number of nitrogens with zero attached hydrogens (tertiary/aromatic N) is 1. The minimum absolute atomic E-state index is 0.388. The van der Waals surface area contributed by atoms with Crippen LogP contribution in [0.1, 0.15) is 12.8 Å². The molecule has 5 saturated carbocycles. The van der Waals surface area contributed by atoms with E-state index >= 15 is 0 Å². The fourth-order valence-corrected chi connectivity index (χ4v) is 3.82. The molecule has 66 valence electrons. The van der Waals surface area contributed by atoms with Crippen molar-refractivity contribution in [2.24, 2.45) is 29.6 Å². The first kappa shape index (κ1) is 6.93. The lowest BCUT2D eigenvalue weighted by atomic mass is 9.39. The third kappa shape index (κ3) is 0.511. The molecule has 0 unspecified atom stereocenters. The van der Waals surface area contributed by atoms with Gasteiger partial charge in [-0.3, -0.25) is 4.79 Å². The lowest BCUT2D eigenvalue weighted by molar-refractivity contribution is -0.199. The van der Waals surface area contributed by atoms with Crippen molar-refractivity contribution in [1.82, 2.24) is 4.90 Å². The molecule has 1 amide bonds.